The van der Waals surface area contributed by atoms with Gasteiger partial charge in [0.25, 0.3) is 29.6 Å². The van der Waals surface area contributed by atoms with Crippen LogP contribution in [0.25, 0.3) is 22.3 Å². The number of nitrogens with two attached hydrogens (primary N) is 3. The molecule has 110 heavy (non-hydrogen) atoms. The van der Waals surface area contributed by atoms with Gasteiger partial charge in [0, 0.05) is 83.5 Å². The zero-order valence-corrected chi connectivity index (χ0v) is 56.6. The first-order valence-electron chi connectivity index (χ1n) is 33.3. The number of Topliss-reactive ketones (excluding diaryl/α,β-unsaturated/α-hetero) is 1. The summed E-state index contributed by atoms with van der Waals surface area (Å²) < 4.78 is 252. The number of aromatic nitrogens is 8. The van der Waals surface area contributed by atoms with E-state index in [1.807, 2.05) is 0 Å². The van der Waals surface area contributed by atoms with Crippen molar-refractivity contribution in [3.05, 3.63) is 229 Å². The number of benzene rings is 4. The third-order valence-corrected chi connectivity index (χ3v) is 19.5. The van der Waals surface area contributed by atoms with Crippen LogP contribution in [0, 0.1) is 59.6 Å². The summed E-state index contributed by atoms with van der Waals surface area (Å²) in [6, 6.07) is 20.0. The molecule has 0 bridgehead atoms. The molecule has 9 aromatic rings. The van der Waals surface area contributed by atoms with E-state index in [0.717, 1.165) is 41.1 Å². The summed E-state index contributed by atoms with van der Waals surface area (Å²) in [5.74, 6) is -24.5. The second-order valence-electron chi connectivity index (χ2n) is 26.9. The van der Waals surface area contributed by atoms with Crippen LogP contribution in [-0.4, -0.2) is 80.6 Å². The summed E-state index contributed by atoms with van der Waals surface area (Å²) in [5.41, 5.74) is 14.2. The number of nitrogens with zero attached hydrogens (tertiary/aromatic N) is 8. The van der Waals surface area contributed by atoms with Crippen LogP contribution < -0.4 is 17.2 Å². The van der Waals surface area contributed by atoms with Crippen molar-refractivity contribution in [2.45, 2.75) is 139 Å². The number of ketones is 1. The van der Waals surface area contributed by atoms with Crippen LogP contribution in [0.1, 0.15) is 164 Å². The van der Waals surface area contributed by atoms with E-state index in [1.54, 1.807) is 24.3 Å². The van der Waals surface area contributed by atoms with Crippen molar-refractivity contribution in [2.24, 2.45) is 35.0 Å². The monoisotopic (exact) mass is 1560 g/mol. The average Bonchev–Trinajstić information content (AvgIpc) is 1.53. The number of amides is 2. The van der Waals surface area contributed by atoms with Gasteiger partial charge < -0.3 is 27.0 Å². The molecular weight excluding hydrogens is 1500 g/mol. The number of halogens is 18. The molecule has 15 rings (SSSR count). The van der Waals surface area contributed by atoms with Crippen LogP contribution in [0.4, 0.5) is 79.0 Å². The SMILES string of the molecule is C.CCOC(=O)Cn1nc(C(F)(F)F)c2c1C1CC1C2(F)F.Cc1nn(CC(=O)C[C@@H](Cc2cc(F)cc(F)c2)c2ncccc2-c2ccc(F)c(C(N)=O)c2)c2c1C(F)(F)C1CC21.NC(=O)c1cc(-c2cccnc2[C@@H](N)Cc2cc(F)cc(F)c2)ccc1F.O=C(O)Cn1nc(C(F)(F)F)c2c1C1CC1C2(F)F. The van der Waals surface area contributed by atoms with E-state index in [4.69, 9.17) is 22.3 Å². The minimum absolute atomic E-state index is 0. The van der Waals surface area contributed by atoms with Crippen LogP contribution >= 0.6 is 0 Å². The Kier molecular flexibility index (Phi) is 21.7. The summed E-state index contributed by atoms with van der Waals surface area (Å²) >= 11 is 0. The van der Waals surface area contributed by atoms with E-state index in [-0.39, 0.29) is 104 Å². The summed E-state index contributed by atoms with van der Waals surface area (Å²) in [6.45, 7) is 1.40. The fourth-order valence-electron chi connectivity index (χ4n) is 14.8. The number of pyridine rings is 2. The van der Waals surface area contributed by atoms with Crippen LogP contribution in [0.5, 0.6) is 0 Å². The number of aliphatic carboxylic acids is 1. The molecule has 5 aromatic heterocycles. The van der Waals surface area contributed by atoms with Gasteiger partial charge in [-0.3, -0.25) is 48.0 Å². The number of carboxylic acid groups (broad SMARTS) is 1. The van der Waals surface area contributed by atoms with Gasteiger partial charge in [-0.15, -0.1) is 0 Å². The Morgan fingerprint density at radius 1 is 0.555 bits per heavy atom. The van der Waals surface area contributed by atoms with E-state index >= 15 is 0 Å². The van der Waals surface area contributed by atoms with Crippen molar-refractivity contribution in [2.75, 3.05) is 6.61 Å². The molecule has 3 fully saturated rings. The van der Waals surface area contributed by atoms with Gasteiger partial charge in [0.05, 0.1) is 81.2 Å². The molecule has 2 amide bonds. The van der Waals surface area contributed by atoms with Crippen molar-refractivity contribution < 1.29 is 113 Å². The standard InChI is InChI=1S/C31H25F5N4O2.C20H16F3N3O.C12H11F5N2O2.C10H7F5N2O2.CH4/c1-15-27-29(23-13-25(23)31(27,35)36)40(39-15)14-21(41)10-18(7-16-8-19(32)12-20(33)9-16)28-22(3-2-6-38-28)17-4-5-26(34)24(11-17)30(37)42;21-13-6-11(7-14(22)10-13)8-18(24)19-15(2-1-5-26-19)12-3-4-17(23)16(9-12)20(25)27;1-2-21-7(20)4-19-9-5-3-6(5)11(13,14)8(9)10(18-19)12(15,16)17;11-9(12)4-1-3(4)7-6(9)8(10(13,14)15)16-17(7)2-5(18)19;/h2-6,8-9,11-12,18,23,25H,7,10,13-14H2,1H3,(H2,37,42);1-7,9-10,18H,8,24H2,(H2,25,27);5-6H,2-4H2,1H3;3-4H,1-2H2,(H,18,19);1H4/t18-,23?,25?;18-;;;/m10.../s1. The molecule has 0 saturated heterocycles. The Labute approximate surface area is 611 Å². The number of carbonyl (C=O) groups excluding carboxylic acids is 4. The normalized spacial score (nSPS) is 19.6. The molecule has 0 radical (unpaired) electrons. The molecular formula is C74H63F18N11O7. The van der Waals surface area contributed by atoms with Crippen LogP contribution in [0.3, 0.4) is 0 Å². The number of esters is 1. The fraction of sp³-hybridized carbons (Fsp3) is 0.351. The minimum Gasteiger partial charge on any atom is -0.480 e. The number of primary amides is 2. The maximum absolute atomic E-state index is 14.8. The van der Waals surface area contributed by atoms with Gasteiger partial charge in [0.15, 0.2) is 17.2 Å². The van der Waals surface area contributed by atoms with Crippen molar-refractivity contribution in [1.29, 1.82) is 0 Å². The number of aryl methyl sites for hydroxylation is 1. The molecule has 3 saturated carbocycles. The van der Waals surface area contributed by atoms with Gasteiger partial charge in [-0.1, -0.05) is 31.7 Å². The molecule has 4 aromatic carbocycles. The van der Waals surface area contributed by atoms with Crippen LogP contribution in [0.15, 0.2) is 109 Å². The van der Waals surface area contributed by atoms with Crippen molar-refractivity contribution in [3.63, 3.8) is 0 Å². The van der Waals surface area contributed by atoms with Gasteiger partial charge in [0.1, 0.15) is 48.0 Å². The number of hydrogen-bond acceptors (Lipinski definition) is 12. The molecule has 36 heteroatoms. The fourth-order valence-corrected chi connectivity index (χ4v) is 14.8. The highest BCUT2D eigenvalue weighted by atomic mass is 19.4. The first kappa shape index (κ1) is 80.1. The Morgan fingerprint density at radius 2 is 0.955 bits per heavy atom. The van der Waals surface area contributed by atoms with Gasteiger partial charge in [-0.25, -0.2) is 52.7 Å². The van der Waals surface area contributed by atoms with E-state index in [0.29, 0.717) is 56.0 Å². The molecule has 6 unspecified atom stereocenters. The number of alkyl halides is 12. The molecule has 0 aliphatic heterocycles. The molecule has 18 nitrogen and oxygen atoms in total. The predicted molar refractivity (Wildman–Crippen MR) is 352 cm³/mol. The quantitative estimate of drug-likeness (QED) is 0.0434. The number of ether oxygens (including phenoxy) is 1. The number of hydrogen-bond donors (Lipinski definition) is 4. The topological polar surface area (TPSA) is 272 Å². The zero-order valence-electron chi connectivity index (χ0n) is 56.6. The Balaban J connectivity index is 0.000000153. The summed E-state index contributed by atoms with van der Waals surface area (Å²) in [5, 5.41) is 19.1. The molecule has 5 heterocycles. The smallest absolute Gasteiger partial charge is 0.435 e. The first-order valence-corrected chi connectivity index (χ1v) is 33.3. The van der Waals surface area contributed by atoms with Gasteiger partial charge in [-0.2, -0.15) is 41.6 Å². The van der Waals surface area contributed by atoms with Crippen molar-refractivity contribution in [3.8, 4) is 22.3 Å². The largest absolute Gasteiger partial charge is 0.480 e. The average molecular weight is 1560 g/mol. The minimum atomic E-state index is -5.02. The lowest BCUT2D eigenvalue weighted by Gasteiger charge is -2.20. The van der Waals surface area contributed by atoms with E-state index in [9.17, 15) is 103 Å². The van der Waals surface area contributed by atoms with Crippen LogP contribution in [-0.2, 0) is 81.7 Å². The van der Waals surface area contributed by atoms with Gasteiger partial charge in [-0.05, 0) is 129 Å². The highest BCUT2D eigenvalue weighted by molar-refractivity contribution is 5.95. The van der Waals surface area contributed by atoms with E-state index in [1.165, 1.54) is 67.3 Å². The lowest BCUT2D eigenvalue weighted by atomic mass is 9.86. The maximum atomic E-state index is 14.8. The Bertz CT molecular complexity index is 5090. The third kappa shape index (κ3) is 15.8. The lowest BCUT2D eigenvalue weighted by Crippen LogP contribution is -2.19. The van der Waals surface area contributed by atoms with Gasteiger partial charge >= 0.3 is 24.3 Å². The first-order chi connectivity index (χ1) is 51.1. The molecule has 0 spiro atoms. The molecule has 8 atom stereocenters. The molecule has 6 aliphatic rings. The number of carbonyl (C=O) groups is 5. The summed E-state index contributed by atoms with van der Waals surface area (Å²) in [7, 11) is 0. The van der Waals surface area contributed by atoms with E-state index in [2.05, 4.69) is 30.0 Å². The highest BCUT2D eigenvalue weighted by Gasteiger charge is 2.70. The number of carboxylic acids is 1. The van der Waals surface area contributed by atoms with Crippen molar-refractivity contribution in [1.82, 2.24) is 39.3 Å². The second kappa shape index (κ2) is 29.8. The van der Waals surface area contributed by atoms with Gasteiger partial charge in [0.2, 0.25) is 0 Å². The maximum Gasteiger partial charge on any atom is 0.435 e. The Hall–Kier alpha value is -10.9. The molecule has 582 valence electrons. The highest BCUT2D eigenvalue weighted by Crippen LogP contribution is 2.70. The number of fused-ring (bicyclic) bond motifs is 9. The predicted octanol–water partition coefficient (Wildman–Crippen LogP) is 15.0. The second-order valence-corrected chi connectivity index (χ2v) is 26.9. The van der Waals surface area contributed by atoms with E-state index < -0.39 is 166 Å². The van der Waals surface area contributed by atoms with Crippen molar-refractivity contribution >= 4 is 29.5 Å². The zero-order chi connectivity index (χ0) is 79.2. The van der Waals surface area contributed by atoms with Crippen LogP contribution in [0.2, 0.25) is 0 Å². The third-order valence-electron chi connectivity index (χ3n) is 19.5. The lowest BCUT2D eigenvalue weighted by molar-refractivity contribution is -0.148. The Morgan fingerprint density at radius 3 is 1.38 bits per heavy atom. The summed E-state index contributed by atoms with van der Waals surface area (Å²) in [6.07, 6.45) is -6.47. The summed E-state index contributed by atoms with van der Waals surface area (Å²) in [4.78, 5) is 67.4. The molecule has 6 aliphatic carbocycles. The molecule has 7 N–H and O–H groups in total. The number of rotatable bonds is 19.